The van der Waals surface area contributed by atoms with Gasteiger partial charge in [-0.2, -0.15) is 0 Å². The summed E-state index contributed by atoms with van der Waals surface area (Å²) in [6.45, 7) is 0.411. The molecule has 2 fully saturated rings. The third kappa shape index (κ3) is 6.49. The molecule has 0 aromatic heterocycles. The Morgan fingerprint density at radius 2 is 1.76 bits per heavy atom. The third-order valence-corrected chi connectivity index (χ3v) is 8.70. The molecule has 2 unspecified atom stereocenters. The molecule has 2 aliphatic rings. The highest BCUT2D eigenvalue weighted by Gasteiger charge is 2.50. The summed E-state index contributed by atoms with van der Waals surface area (Å²) in [5, 5.41) is 19.6. The molecule has 4 amide bonds. The monoisotopic (exact) mass is 649 g/mol. The lowest BCUT2D eigenvalue weighted by molar-refractivity contribution is -0.187. The molecule has 0 saturated carbocycles. The third-order valence-electron chi connectivity index (χ3n) is 8.39. The van der Waals surface area contributed by atoms with Crippen LogP contribution in [0.3, 0.4) is 0 Å². The molecule has 0 spiro atoms. The molecule has 2 aliphatic heterocycles. The largest absolute Gasteiger partial charge is 0.508 e. The first-order valence-corrected chi connectivity index (χ1v) is 15.4. The van der Waals surface area contributed by atoms with E-state index in [0.717, 1.165) is 28.1 Å². The number of nitrogens with one attached hydrogen (secondary N) is 2. The fraction of sp³-hybridized carbons (Fsp3) is 0.364. The van der Waals surface area contributed by atoms with Crippen molar-refractivity contribution in [2.45, 2.75) is 31.7 Å². The number of halogens is 1. The van der Waals surface area contributed by atoms with Crippen molar-refractivity contribution in [1.82, 2.24) is 25.1 Å². The molecule has 13 heteroatoms. The van der Waals surface area contributed by atoms with E-state index in [2.05, 4.69) is 10.6 Å². The normalized spacial score (nSPS) is 18.3. The molecular formula is C33H40ClN7O5. The van der Waals surface area contributed by atoms with Gasteiger partial charge in [0.1, 0.15) is 23.7 Å². The molecule has 3 aromatic rings. The van der Waals surface area contributed by atoms with E-state index in [4.69, 9.17) is 16.3 Å². The predicted octanol–water partition coefficient (Wildman–Crippen LogP) is 3.34. The van der Waals surface area contributed by atoms with Gasteiger partial charge in [0.05, 0.1) is 36.6 Å². The zero-order valence-electron chi connectivity index (χ0n) is 26.7. The highest BCUT2D eigenvalue weighted by atomic mass is 35.5. The quantitative estimate of drug-likeness (QED) is 0.323. The van der Waals surface area contributed by atoms with Crippen molar-refractivity contribution < 1.29 is 24.2 Å². The maximum absolute atomic E-state index is 14.3. The number of hydrogen-bond donors (Lipinski definition) is 3. The minimum Gasteiger partial charge on any atom is -0.508 e. The van der Waals surface area contributed by atoms with E-state index in [1.54, 1.807) is 61.4 Å². The number of fused-ring (bicyclic) bond motifs is 1. The maximum atomic E-state index is 14.3. The van der Waals surface area contributed by atoms with Crippen LogP contribution in [0.15, 0.2) is 60.7 Å². The molecular weight excluding hydrogens is 610 g/mol. The Balaban J connectivity index is 1.49. The lowest BCUT2D eigenvalue weighted by atomic mass is 9.98. The second-order valence-corrected chi connectivity index (χ2v) is 12.0. The Morgan fingerprint density at radius 3 is 2.43 bits per heavy atom. The number of amides is 4. The Bertz CT molecular complexity index is 1600. The van der Waals surface area contributed by atoms with Gasteiger partial charge < -0.3 is 35.2 Å². The first kappa shape index (κ1) is 32.7. The van der Waals surface area contributed by atoms with Crippen molar-refractivity contribution in [2.24, 2.45) is 0 Å². The van der Waals surface area contributed by atoms with Crippen molar-refractivity contribution >= 4 is 40.8 Å². The molecule has 0 aliphatic carbocycles. The number of benzene rings is 3. The van der Waals surface area contributed by atoms with Crippen LogP contribution < -0.4 is 20.3 Å². The van der Waals surface area contributed by atoms with E-state index in [-0.39, 0.29) is 50.2 Å². The number of hydrazine groups is 1. The van der Waals surface area contributed by atoms with Crippen LogP contribution in [0.2, 0.25) is 5.02 Å². The van der Waals surface area contributed by atoms with Gasteiger partial charge in [0, 0.05) is 53.3 Å². The zero-order chi connectivity index (χ0) is 33.1. The second kappa shape index (κ2) is 13.8. The van der Waals surface area contributed by atoms with Crippen molar-refractivity contribution in [3.05, 3.63) is 82.4 Å². The summed E-state index contributed by atoms with van der Waals surface area (Å²) in [5.74, 6) is 0.232. The number of aromatic hydroxyl groups is 1. The number of anilines is 2. The summed E-state index contributed by atoms with van der Waals surface area (Å²) in [4.78, 5) is 47.0. The molecule has 244 valence electrons. The summed E-state index contributed by atoms with van der Waals surface area (Å²) in [6.07, 6.45) is -0.570. The van der Waals surface area contributed by atoms with E-state index in [1.807, 2.05) is 49.3 Å². The summed E-state index contributed by atoms with van der Waals surface area (Å²) in [7, 11) is 8.84. The van der Waals surface area contributed by atoms with Gasteiger partial charge in [-0.3, -0.25) is 9.59 Å². The number of phenolic OH excluding ortho intramolecular Hbond substituents is 1. The minimum absolute atomic E-state index is 0.0824. The first-order valence-electron chi connectivity index (χ1n) is 15.0. The van der Waals surface area contributed by atoms with Crippen LogP contribution in [0, 0.1) is 0 Å². The Kier molecular flexibility index (Phi) is 9.78. The van der Waals surface area contributed by atoms with Crippen LogP contribution in [0.4, 0.5) is 16.2 Å². The molecule has 0 radical (unpaired) electrons. The fourth-order valence-electron chi connectivity index (χ4n) is 6.31. The lowest BCUT2D eigenvalue weighted by Gasteiger charge is -2.54. The number of rotatable bonds is 9. The minimum atomic E-state index is -0.880. The van der Waals surface area contributed by atoms with E-state index < -0.39 is 18.2 Å². The summed E-state index contributed by atoms with van der Waals surface area (Å²) < 4.78 is 5.60. The smallest absolute Gasteiger partial charge is 0.334 e. The highest BCUT2D eigenvalue weighted by Crippen LogP contribution is 2.33. The molecule has 2 heterocycles. The van der Waals surface area contributed by atoms with Gasteiger partial charge in [-0.15, -0.1) is 0 Å². The number of carbonyl (C=O) groups is 3. The van der Waals surface area contributed by atoms with E-state index in [1.165, 1.54) is 9.91 Å². The molecule has 3 aromatic carbocycles. The number of urea groups is 1. The lowest BCUT2D eigenvalue weighted by Crippen LogP contribution is -2.76. The number of phenols is 1. The highest BCUT2D eigenvalue weighted by molar-refractivity contribution is 6.33. The maximum Gasteiger partial charge on any atom is 0.334 e. The summed E-state index contributed by atoms with van der Waals surface area (Å²) in [6, 6.07) is 16.5. The van der Waals surface area contributed by atoms with Gasteiger partial charge in [-0.05, 0) is 35.4 Å². The van der Waals surface area contributed by atoms with E-state index in [9.17, 15) is 19.5 Å². The standard InChI is InChI=1S/C33H40ClN7O5/c1-35-26-11-7-8-22(31(26)46-5)17-36-33(45)41-28-19-39(18-23-9-6-10-25(34)30(23)37(2)3)32(44)27(40(28)29(43)20-38(41)4)16-21-12-14-24(42)15-13-21/h6-15,27-28,35,42H,16-20H2,1-5H3,(H,36,45). The number of ether oxygens (including phenoxy) is 1. The number of hydrogen-bond acceptors (Lipinski definition) is 8. The first-order chi connectivity index (χ1) is 22.0. The van der Waals surface area contributed by atoms with Crippen molar-refractivity contribution in [3.8, 4) is 11.5 Å². The van der Waals surface area contributed by atoms with Crippen molar-refractivity contribution in [2.75, 3.05) is 58.6 Å². The molecule has 2 atom stereocenters. The number of methoxy groups -OCH3 is 1. The Hall–Kier alpha value is -4.68. The summed E-state index contributed by atoms with van der Waals surface area (Å²) >= 11 is 6.57. The van der Waals surface area contributed by atoms with Crippen molar-refractivity contribution in [3.63, 3.8) is 0 Å². The van der Waals surface area contributed by atoms with Gasteiger partial charge in [-0.1, -0.05) is 48.0 Å². The van der Waals surface area contributed by atoms with Gasteiger partial charge in [0.2, 0.25) is 11.8 Å². The average molecular weight is 650 g/mol. The Labute approximate surface area is 274 Å². The van der Waals surface area contributed by atoms with E-state index >= 15 is 0 Å². The van der Waals surface area contributed by atoms with E-state index in [0.29, 0.717) is 10.8 Å². The van der Waals surface area contributed by atoms with Gasteiger partial charge >= 0.3 is 6.03 Å². The summed E-state index contributed by atoms with van der Waals surface area (Å²) in [5.41, 5.74) is 3.97. The van der Waals surface area contributed by atoms with Crippen molar-refractivity contribution in [1.29, 1.82) is 0 Å². The van der Waals surface area contributed by atoms with Gasteiger partial charge in [0.15, 0.2) is 0 Å². The van der Waals surface area contributed by atoms with Crippen LogP contribution >= 0.6 is 11.6 Å². The molecule has 3 N–H and O–H groups in total. The molecule has 12 nitrogen and oxygen atoms in total. The topological polar surface area (TPSA) is 121 Å². The van der Waals surface area contributed by atoms with Crippen LogP contribution in [0.25, 0.3) is 0 Å². The van der Waals surface area contributed by atoms with Gasteiger partial charge in [-0.25, -0.2) is 14.8 Å². The number of piperazine rings is 1. The van der Waals surface area contributed by atoms with Gasteiger partial charge in [0.25, 0.3) is 0 Å². The number of para-hydroxylation sites is 2. The van der Waals surface area contributed by atoms with Crippen LogP contribution in [-0.2, 0) is 29.1 Å². The molecule has 5 rings (SSSR count). The second-order valence-electron chi connectivity index (χ2n) is 11.6. The molecule has 2 saturated heterocycles. The predicted molar refractivity (Wildman–Crippen MR) is 177 cm³/mol. The molecule has 46 heavy (non-hydrogen) atoms. The number of carbonyl (C=O) groups excluding carboxylic acids is 3. The SMILES string of the molecule is CNc1cccc(CNC(=O)N2C3CN(Cc4cccc(Cl)c4N(C)C)C(=O)C(Cc4ccc(O)cc4)N3C(=O)CN2C)c1OC. The molecule has 0 bridgehead atoms. The Morgan fingerprint density at radius 1 is 1.07 bits per heavy atom. The number of likely N-dealkylation sites (N-methyl/N-ethyl adjacent to an activating group) is 1. The zero-order valence-corrected chi connectivity index (χ0v) is 27.4. The van der Waals surface area contributed by atoms with Crippen LogP contribution in [0.1, 0.15) is 16.7 Å². The number of nitrogens with zero attached hydrogens (tertiary/aromatic N) is 5. The van der Waals surface area contributed by atoms with Crippen LogP contribution in [-0.4, -0.2) is 103 Å². The fourth-order valence-corrected chi connectivity index (χ4v) is 6.67. The van der Waals surface area contributed by atoms with Crippen LogP contribution in [0.5, 0.6) is 11.5 Å². The average Bonchev–Trinajstić information content (AvgIpc) is 3.02.